The van der Waals surface area contributed by atoms with Gasteiger partial charge >= 0.3 is 0 Å². The first-order valence-corrected chi connectivity index (χ1v) is 8.04. The molecule has 1 saturated heterocycles. The van der Waals surface area contributed by atoms with Crippen molar-refractivity contribution in [1.29, 1.82) is 0 Å². The molecule has 0 aliphatic carbocycles. The van der Waals surface area contributed by atoms with Crippen LogP contribution in [0.4, 0.5) is 0 Å². The molecule has 1 aliphatic rings. The van der Waals surface area contributed by atoms with Crippen LogP contribution >= 0.6 is 0 Å². The van der Waals surface area contributed by atoms with Crippen molar-refractivity contribution in [3.8, 4) is 0 Å². The lowest BCUT2D eigenvalue weighted by Crippen LogP contribution is -2.49. The summed E-state index contributed by atoms with van der Waals surface area (Å²) in [6, 6.07) is 8.32. The molecule has 1 fully saturated rings. The number of carbonyl (C=O) groups excluding carboxylic acids is 1. The molecule has 1 aromatic carbocycles. The predicted molar refractivity (Wildman–Crippen MR) is 87.8 cm³/mol. The molecule has 0 N–H and O–H groups in total. The van der Waals surface area contributed by atoms with Crippen LogP contribution in [0.25, 0.3) is 0 Å². The molecule has 1 aliphatic heterocycles. The Morgan fingerprint density at radius 2 is 2.04 bits per heavy atom. The highest BCUT2D eigenvalue weighted by molar-refractivity contribution is 5.80. The summed E-state index contributed by atoms with van der Waals surface area (Å²) in [6.45, 7) is 8.28. The zero-order valence-corrected chi connectivity index (χ0v) is 13.7. The van der Waals surface area contributed by atoms with Crippen molar-refractivity contribution in [1.82, 2.24) is 24.6 Å². The molecule has 1 amide bonds. The summed E-state index contributed by atoms with van der Waals surface area (Å²) in [5.41, 5.74) is 2.62. The fraction of sp³-hybridized carbons (Fsp3) is 0.471. The van der Waals surface area contributed by atoms with Crippen molar-refractivity contribution in [3.05, 3.63) is 48.0 Å². The number of hydrogen-bond donors (Lipinski definition) is 0. The summed E-state index contributed by atoms with van der Waals surface area (Å²) in [4.78, 5) is 20.8. The van der Waals surface area contributed by atoms with Gasteiger partial charge < -0.3 is 4.90 Å². The second-order valence-corrected chi connectivity index (χ2v) is 6.14. The molecule has 6 nitrogen and oxygen atoms in total. The van der Waals surface area contributed by atoms with E-state index in [0.29, 0.717) is 0 Å². The van der Waals surface area contributed by atoms with Gasteiger partial charge in [-0.25, -0.2) is 9.67 Å². The lowest BCUT2D eigenvalue weighted by Gasteiger charge is -2.36. The molecule has 2 heterocycles. The van der Waals surface area contributed by atoms with Crippen molar-refractivity contribution in [2.24, 2.45) is 0 Å². The monoisotopic (exact) mass is 313 g/mol. The fourth-order valence-electron chi connectivity index (χ4n) is 2.99. The van der Waals surface area contributed by atoms with Crippen LogP contribution in [-0.4, -0.2) is 56.7 Å². The summed E-state index contributed by atoms with van der Waals surface area (Å²) in [7, 11) is 0. The Hall–Kier alpha value is -2.21. The highest BCUT2D eigenvalue weighted by Crippen LogP contribution is 2.13. The maximum Gasteiger partial charge on any atom is 0.247 e. The molecule has 1 atom stereocenters. The molecule has 3 rings (SSSR count). The van der Waals surface area contributed by atoms with Gasteiger partial charge in [0.1, 0.15) is 18.7 Å². The smallest absolute Gasteiger partial charge is 0.247 e. The molecule has 0 unspecified atom stereocenters. The van der Waals surface area contributed by atoms with Gasteiger partial charge in [-0.3, -0.25) is 9.69 Å². The minimum Gasteiger partial charge on any atom is -0.338 e. The van der Waals surface area contributed by atoms with E-state index in [-0.39, 0.29) is 11.9 Å². The average molecular weight is 313 g/mol. The number of aryl methyl sites for hydroxylation is 1. The van der Waals surface area contributed by atoms with Gasteiger partial charge in [0, 0.05) is 32.7 Å². The molecular weight excluding hydrogens is 290 g/mol. The van der Waals surface area contributed by atoms with Crippen molar-refractivity contribution >= 4 is 5.91 Å². The largest absolute Gasteiger partial charge is 0.338 e. The van der Waals surface area contributed by atoms with Gasteiger partial charge in [-0.2, -0.15) is 5.10 Å². The molecule has 0 saturated carbocycles. The predicted octanol–water partition coefficient (Wildman–Crippen LogP) is 1.49. The Bertz CT molecular complexity index is 647. The van der Waals surface area contributed by atoms with Gasteiger partial charge in [0.15, 0.2) is 0 Å². The molecular formula is C17H23N5O. The average Bonchev–Trinajstić information content (AvgIpc) is 3.09. The maximum atomic E-state index is 12.5. The van der Waals surface area contributed by atoms with Crippen molar-refractivity contribution in [2.45, 2.75) is 26.4 Å². The van der Waals surface area contributed by atoms with Crippen LogP contribution in [0.15, 0.2) is 36.9 Å². The quantitative estimate of drug-likeness (QED) is 0.858. The summed E-state index contributed by atoms with van der Waals surface area (Å²) in [5, 5.41) is 4.06. The lowest BCUT2D eigenvalue weighted by molar-refractivity contribution is -0.136. The van der Waals surface area contributed by atoms with Gasteiger partial charge in [-0.1, -0.05) is 29.8 Å². The van der Waals surface area contributed by atoms with Crippen LogP contribution in [0.3, 0.4) is 0 Å². The van der Waals surface area contributed by atoms with Crippen molar-refractivity contribution in [3.63, 3.8) is 0 Å². The van der Waals surface area contributed by atoms with E-state index in [9.17, 15) is 4.79 Å². The van der Waals surface area contributed by atoms with E-state index in [2.05, 4.69) is 46.2 Å². The Labute approximate surface area is 136 Å². The number of carbonyl (C=O) groups is 1. The van der Waals surface area contributed by atoms with Gasteiger partial charge in [0.05, 0.1) is 0 Å². The normalized spacial score (nSPS) is 17.2. The summed E-state index contributed by atoms with van der Waals surface area (Å²) in [6.07, 6.45) is 3.06. The van der Waals surface area contributed by atoms with Crippen LogP contribution in [0, 0.1) is 6.92 Å². The first-order valence-electron chi connectivity index (χ1n) is 8.04. The van der Waals surface area contributed by atoms with E-state index >= 15 is 0 Å². The SMILES string of the molecule is Cc1cccc(CN2CCN(C(=O)[C@H](C)n3cncn3)CC2)c1. The molecule has 6 heteroatoms. The molecule has 1 aromatic heterocycles. The molecule has 0 radical (unpaired) electrons. The van der Waals surface area contributed by atoms with E-state index < -0.39 is 0 Å². The zero-order valence-electron chi connectivity index (χ0n) is 13.7. The van der Waals surface area contributed by atoms with Crippen LogP contribution in [-0.2, 0) is 11.3 Å². The standard InChI is InChI=1S/C17H23N5O/c1-14-4-3-5-16(10-14)11-20-6-8-21(9-7-20)17(23)15(2)22-13-18-12-19-22/h3-5,10,12-13,15H,6-9,11H2,1-2H3/t15-/m0/s1. The van der Waals surface area contributed by atoms with E-state index in [1.807, 2.05) is 11.8 Å². The lowest BCUT2D eigenvalue weighted by atomic mass is 10.1. The third kappa shape index (κ3) is 3.76. The molecule has 122 valence electrons. The van der Waals surface area contributed by atoms with Gasteiger partial charge in [-0.05, 0) is 19.4 Å². The van der Waals surface area contributed by atoms with Gasteiger partial charge in [0.25, 0.3) is 0 Å². The first kappa shape index (κ1) is 15.7. The molecule has 0 bridgehead atoms. The van der Waals surface area contributed by atoms with Crippen LogP contribution in [0.2, 0.25) is 0 Å². The van der Waals surface area contributed by atoms with E-state index in [4.69, 9.17) is 0 Å². The minimum absolute atomic E-state index is 0.116. The number of hydrogen-bond acceptors (Lipinski definition) is 4. The Balaban J connectivity index is 1.53. The van der Waals surface area contributed by atoms with Crippen LogP contribution in [0.5, 0.6) is 0 Å². The Kier molecular flexibility index (Phi) is 4.71. The van der Waals surface area contributed by atoms with Crippen LogP contribution < -0.4 is 0 Å². The van der Waals surface area contributed by atoms with Crippen molar-refractivity contribution in [2.75, 3.05) is 26.2 Å². The van der Waals surface area contributed by atoms with Gasteiger partial charge in [0.2, 0.25) is 5.91 Å². The Morgan fingerprint density at radius 1 is 1.26 bits per heavy atom. The molecule has 2 aromatic rings. The number of benzene rings is 1. The summed E-state index contributed by atoms with van der Waals surface area (Å²) < 4.78 is 1.61. The first-order chi connectivity index (χ1) is 11.1. The highest BCUT2D eigenvalue weighted by Gasteiger charge is 2.26. The van der Waals surface area contributed by atoms with E-state index in [0.717, 1.165) is 32.7 Å². The summed E-state index contributed by atoms with van der Waals surface area (Å²) >= 11 is 0. The van der Waals surface area contributed by atoms with E-state index in [1.165, 1.54) is 17.5 Å². The zero-order chi connectivity index (χ0) is 16.2. The van der Waals surface area contributed by atoms with Crippen molar-refractivity contribution < 1.29 is 4.79 Å². The summed E-state index contributed by atoms with van der Waals surface area (Å²) in [5.74, 6) is 0.116. The van der Waals surface area contributed by atoms with Crippen LogP contribution in [0.1, 0.15) is 24.1 Å². The fourth-order valence-corrected chi connectivity index (χ4v) is 2.99. The molecule has 0 spiro atoms. The number of rotatable bonds is 4. The Morgan fingerprint density at radius 3 is 2.70 bits per heavy atom. The number of amides is 1. The maximum absolute atomic E-state index is 12.5. The number of aromatic nitrogens is 3. The number of nitrogens with zero attached hydrogens (tertiary/aromatic N) is 5. The third-order valence-corrected chi connectivity index (χ3v) is 4.36. The van der Waals surface area contributed by atoms with Gasteiger partial charge in [-0.15, -0.1) is 0 Å². The van der Waals surface area contributed by atoms with E-state index in [1.54, 1.807) is 11.0 Å². The highest BCUT2D eigenvalue weighted by atomic mass is 16.2. The minimum atomic E-state index is -0.291. The molecule has 23 heavy (non-hydrogen) atoms. The second kappa shape index (κ2) is 6.91. The topological polar surface area (TPSA) is 54.3 Å². The third-order valence-electron chi connectivity index (χ3n) is 4.36. The second-order valence-electron chi connectivity index (χ2n) is 6.14. The number of piperazine rings is 1.